The van der Waals surface area contributed by atoms with E-state index in [0.717, 1.165) is 10.4 Å². The Morgan fingerprint density at radius 3 is 2.74 bits per heavy atom. The van der Waals surface area contributed by atoms with Gasteiger partial charge in [-0.15, -0.1) is 5.10 Å². The third-order valence-corrected chi connectivity index (χ3v) is 2.19. The molecular weight excluding hydrogens is 250 g/mol. The van der Waals surface area contributed by atoms with Gasteiger partial charge in [-0.05, 0) is 17.7 Å². The van der Waals surface area contributed by atoms with Crippen LogP contribution in [0.3, 0.4) is 0 Å². The van der Waals surface area contributed by atoms with E-state index in [1.807, 2.05) is 0 Å². The molecular formula is C11H11N5O3. The summed E-state index contributed by atoms with van der Waals surface area (Å²) >= 11 is 0. The molecule has 8 nitrogen and oxygen atoms in total. The molecule has 0 fully saturated rings. The maximum absolute atomic E-state index is 11.7. The summed E-state index contributed by atoms with van der Waals surface area (Å²) in [6, 6.07) is 3.47. The molecule has 2 heterocycles. The molecule has 0 saturated heterocycles. The lowest BCUT2D eigenvalue weighted by atomic mass is 10.2. The molecule has 8 heteroatoms. The lowest BCUT2D eigenvalue weighted by molar-refractivity contribution is -0.138. The van der Waals surface area contributed by atoms with Crippen LogP contribution in [0.15, 0.2) is 30.7 Å². The van der Waals surface area contributed by atoms with Crippen LogP contribution in [0.25, 0.3) is 0 Å². The lowest BCUT2D eigenvalue weighted by Gasteiger charge is -2.01. The highest BCUT2D eigenvalue weighted by molar-refractivity contribution is 5.91. The van der Waals surface area contributed by atoms with E-state index in [0.29, 0.717) is 0 Å². The number of pyridine rings is 1. The zero-order valence-electron chi connectivity index (χ0n) is 9.85. The van der Waals surface area contributed by atoms with Crippen LogP contribution in [0, 0.1) is 0 Å². The zero-order chi connectivity index (χ0) is 13.7. The van der Waals surface area contributed by atoms with E-state index in [1.165, 1.54) is 6.20 Å². The molecule has 2 N–H and O–H groups in total. The maximum atomic E-state index is 11.7. The SMILES string of the molecule is O=C(O)Cn1ncc(NC(=O)Cc2ccncc2)n1. The van der Waals surface area contributed by atoms with Gasteiger partial charge in [0.25, 0.3) is 0 Å². The first-order valence-corrected chi connectivity index (χ1v) is 5.44. The van der Waals surface area contributed by atoms with Crippen LogP contribution < -0.4 is 5.32 Å². The van der Waals surface area contributed by atoms with Gasteiger partial charge in [-0.25, -0.2) is 0 Å². The van der Waals surface area contributed by atoms with Gasteiger partial charge in [0.15, 0.2) is 12.4 Å². The normalized spacial score (nSPS) is 10.1. The summed E-state index contributed by atoms with van der Waals surface area (Å²) in [5.41, 5.74) is 0.824. The summed E-state index contributed by atoms with van der Waals surface area (Å²) < 4.78 is 0. The summed E-state index contributed by atoms with van der Waals surface area (Å²) in [5, 5.41) is 18.6. The Labute approximate surface area is 108 Å². The summed E-state index contributed by atoms with van der Waals surface area (Å²) in [5.74, 6) is -1.08. The van der Waals surface area contributed by atoms with Crippen molar-refractivity contribution in [2.45, 2.75) is 13.0 Å². The van der Waals surface area contributed by atoms with Crippen LogP contribution in [-0.4, -0.2) is 37.0 Å². The summed E-state index contributed by atoms with van der Waals surface area (Å²) in [6.07, 6.45) is 4.69. The number of hydrogen-bond acceptors (Lipinski definition) is 5. The second-order valence-corrected chi connectivity index (χ2v) is 3.73. The Morgan fingerprint density at radius 1 is 1.32 bits per heavy atom. The molecule has 19 heavy (non-hydrogen) atoms. The first-order chi connectivity index (χ1) is 9.13. The fourth-order valence-electron chi connectivity index (χ4n) is 1.42. The average Bonchev–Trinajstić information content (AvgIpc) is 2.76. The predicted molar refractivity (Wildman–Crippen MR) is 64.2 cm³/mol. The minimum atomic E-state index is -1.05. The van der Waals surface area contributed by atoms with E-state index in [2.05, 4.69) is 20.5 Å². The molecule has 0 spiro atoms. The number of rotatable bonds is 5. The highest BCUT2D eigenvalue weighted by Crippen LogP contribution is 2.03. The number of carbonyl (C=O) groups excluding carboxylic acids is 1. The minimum absolute atomic E-state index is 0.189. The Kier molecular flexibility index (Phi) is 3.81. The average molecular weight is 261 g/mol. The van der Waals surface area contributed by atoms with Crippen molar-refractivity contribution in [1.29, 1.82) is 0 Å². The summed E-state index contributed by atoms with van der Waals surface area (Å²) in [4.78, 5) is 27.0. The Morgan fingerprint density at radius 2 is 2.05 bits per heavy atom. The number of carboxylic acid groups (broad SMARTS) is 1. The first-order valence-electron chi connectivity index (χ1n) is 5.44. The van der Waals surface area contributed by atoms with Crippen molar-refractivity contribution in [3.63, 3.8) is 0 Å². The number of aliphatic carboxylic acids is 1. The molecule has 0 bridgehead atoms. The molecule has 2 aromatic rings. The smallest absolute Gasteiger partial charge is 0.327 e. The van der Waals surface area contributed by atoms with Crippen molar-refractivity contribution >= 4 is 17.7 Å². The van der Waals surface area contributed by atoms with Gasteiger partial charge in [-0.1, -0.05) is 0 Å². The third kappa shape index (κ3) is 3.87. The van der Waals surface area contributed by atoms with Crippen molar-refractivity contribution in [2.75, 3.05) is 5.32 Å². The summed E-state index contributed by atoms with van der Waals surface area (Å²) in [7, 11) is 0. The van der Waals surface area contributed by atoms with E-state index >= 15 is 0 Å². The van der Waals surface area contributed by atoms with Gasteiger partial charge in [-0.3, -0.25) is 14.6 Å². The number of hydrogen-bond donors (Lipinski definition) is 2. The molecule has 98 valence electrons. The molecule has 0 aliphatic rings. The van der Waals surface area contributed by atoms with Gasteiger partial charge >= 0.3 is 5.97 Å². The monoisotopic (exact) mass is 261 g/mol. The number of amides is 1. The van der Waals surface area contributed by atoms with Gasteiger partial charge < -0.3 is 10.4 Å². The number of aromatic nitrogens is 4. The van der Waals surface area contributed by atoms with Crippen LogP contribution >= 0.6 is 0 Å². The highest BCUT2D eigenvalue weighted by Gasteiger charge is 2.08. The Balaban J connectivity index is 1.92. The maximum Gasteiger partial charge on any atom is 0.327 e. The molecule has 0 atom stereocenters. The van der Waals surface area contributed by atoms with E-state index < -0.39 is 5.97 Å². The number of carbonyl (C=O) groups is 2. The molecule has 0 aromatic carbocycles. The van der Waals surface area contributed by atoms with Crippen LogP contribution in [0.4, 0.5) is 5.82 Å². The van der Waals surface area contributed by atoms with Crippen molar-refractivity contribution in [3.05, 3.63) is 36.3 Å². The molecule has 0 unspecified atom stereocenters. The van der Waals surface area contributed by atoms with Gasteiger partial charge in [0.1, 0.15) is 0 Å². The van der Waals surface area contributed by atoms with Crippen molar-refractivity contribution in [3.8, 4) is 0 Å². The van der Waals surface area contributed by atoms with Crippen molar-refractivity contribution < 1.29 is 14.7 Å². The molecule has 2 rings (SSSR count). The molecule has 1 amide bonds. The quantitative estimate of drug-likeness (QED) is 0.780. The van der Waals surface area contributed by atoms with Gasteiger partial charge in [0.05, 0.1) is 12.6 Å². The van der Waals surface area contributed by atoms with Gasteiger partial charge in [0, 0.05) is 12.4 Å². The molecule has 0 aliphatic carbocycles. The second kappa shape index (κ2) is 5.71. The van der Waals surface area contributed by atoms with Crippen LogP contribution in [-0.2, 0) is 22.6 Å². The van der Waals surface area contributed by atoms with E-state index in [-0.39, 0.29) is 24.7 Å². The molecule has 2 aromatic heterocycles. The van der Waals surface area contributed by atoms with Crippen LogP contribution in [0.5, 0.6) is 0 Å². The van der Waals surface area contributed by atoms with E-state index in [4.69, 9.17) is 5.11 Å². The van der Waals surface area contributed by atoms with Gasteiger partial charge in [0.2, 0.25) is 5.91 Å². The zero-order valence-corrected chi connectivity index (χ0v) is 9.85. The Hall–Kier alpha value is -2.77. The number of anilines is 1. The Bertz CT molecular complexity index is 581. The number of nitrogens with one attached hydrogen (secondary N) is 1. The second-order valence-electron chi connectivity index (χ2n) is 3.73. The number of carboxylic acids is 1. The molecule has 0 radical (unpaired) electrons. The predicted octanol–water partition coefficient (Wildman–Crippen LogP) is -0.0611. The minimum Gasteiger partial charge on any atom is -0.480 e. The topological polar surface area (TPSA) is 110 Å². The largest absolute Gasteiger partial charge is 0.480 e. The molecule has 0 saturated carbocycles. The fraction of sp³-hybridized carbons (Fsp3) is 0.182. The van der Waals surface area contributed by atoms with E-state index in [1.54, 1.807) is 24.5 Å². The number of nitrogens with zero attached hydrogens (tertiary/aromatic N) is 4. The lowest BCUT2D eigenvalue weighted by Crippen LogP contribution is -2.16. The fourth-order valence-corrected chi connectivity index (χ4v) is 1.42. The van der Waals surface area contributed by atoms with Crippen LogP contribution in [0.1, 0.15) is 5.56 Å². The summed E-state index contributed by atoms with van der Waals surface area (Å²) in [6.45, 7) is -0.347. The first kappa shape index (κ1) is 12.7. The molecule has 0 aliphatic heterocycles. The third-order valence-electron chi connectivity index (χ3n) is 2.19. The van der Waals surface area contributed by atoms with Crippen LogP contribution in [0.2, 0.25) is 0 Å². The standard InChI is InChI=1S/C11H11N5O3/c17-10(5-8-1-3-12-4-2-8)14-9-6-13-16(15-9)7-11(18)19/h1-4,6H,5,7H2,(H,18,19)(H,14,15,17). The van der Waals surface area contributed by atoms with Crippen molar-refractivity contribution in [2.24, 2.45) is 0 Å². The van der Waals surface area contributed by atoms with Crippen molar-refractivity contribution in [1.82, 2.24) is 20.0 Å². The van der Waals surface area contributed by atoms with E-state index in [9.17, 15) is 9.59 Å². The van der Waals surface area contributed by atoms with Gasteiger partial charge in [-0.2, -0.15) is 9.90 Å². The highest BCUT2D eigenvalue weighted by atomic mass is 16.4.